The van der Waals surface area contributed by atoms with Crippen molar-refractivity contribution in [3.63, 3.8) is 0 Å². The molecule has 0 saturated carbocycles. The Bertz CT molecular complexity index is 280. The highest BCUT2D eigenvalue weighted by Gasteiger charge is 1.95. The van der Waals surface area contributed by atoms with Crippen molar-refractivity contribution in [2.45, 2.75) is 143 Å². The minimum atomic E-state index is 1.13. The molecule has 1 heteroatoms. The van der Waals surface area contributed by atoms with E-state index in [1.165, 1.54) is 122 Å². The molecule has 1 nitrogen and oxygen atoms in total. The summed E-state index contributed by atoms with van der Waals surface area (Å²) in [4.78, 5) is 2.37. The number of hydrogen-bond donors (Lipinski definition) is 0. The molecule has 0 rings (SSSR count). The Morgan fingerprint density at radius 3 is 1.11 bits per heavy atom. The van der Waals surface area contributed by atoms with Crippen molar-refractivity contribution in [2.75, 3.05) is 13.1 Å². The standard InChI is InChI=1S/C26H53N/c1-4-7-8-9-10-11-12-13-14-15-16-17-18-19-20-21-22-23-24-25-26-27(5-2)6-3/h25-26H,4-24H2,1-3H3. The van der Waals surface area contributed by atoms with Gasteiger partial charge in [-0.25, -0.2) is 0 Å². The summed E-state index contributed by atoms with van der Waals surface area (Å²) >= 11 is 0. The van der Waals surface area contributed by atoms with Gasteiger partial charge < -0.3 is 4.90 Å². The maximum absolute atomic E-state index is 2.37. The Labute approximate surface area is 173 Å². The van der Waals surface area contributed by atoms with Crippen LogP contribution in [0.15, 0.2) is 12.3 Å². The molecule has 0 aliphatic carbocycles. The Morgan fingerprint density at radius 1 is 0.444 bits per heavy atom. The van der Waals surface area contributed by atoms with Crippen molar-refractivity contribution >= 4 is 0 Å². The molecule has 0 aromatic heterocycles. The molecule has 0 saturated heterocycles. The third-order valence-electron chi connectivity index (χ3n) is 5.85. The molecular formula is C26H53N. The predicted molar refractivity (Wildman–Crippen MR) is 125 cm³/mol. The van der Waals surface area contributed by atoms with Gasteiger partial charge in [-0.2, -0.15) is 0 Å². The molecule has 0 spiro atoms. The summed E-state index contributed by atoms with van der Waals surface area (Å²) < 4.78 is 0. The first-order valence-corrected chi connectivity index (χ1v) is 12.8. The van der Waals surface area contributed by atoms with E-state index < -0.39 is 0 Å². The Hall–Kier alpha value is -0.460. The van der Waals surface area contributed by atoms with Crippen molar-refractivity contribution < 1.29 is 0 Å². The lowest BCUT2D eigenvalue weighted by Crippen LogP contribution is -2.14. The average Bonchev–Trinajstić information content (AvgIpc) is 2.69. The predicted octanol–water partition coefficient (Wildman–Crippen LogP) is 9.27. The van der Waals surface area contributed by atoms with Gasteiger partial charge in [-0.05, 0) is 32.9 Å². The Kier molecular flexibility index (Phi) is 23.2. The monoisotopic (exact) mass is 379 g/mol. The minimum absolute atomic E-state index is 1.13. The molecule has 0 heterocycles. The summed E-state index contributed by atoms with van der Waals surface area (Å²) in [5.74, 6) is 0. The average molecular weight is 380 g/mol. The maximum atomic E-state index is 2.37. The van der Waals surface area contributed by atoms with E-state index in [0.717, 1.165) is 13.1 Å². The van der Waals surface area contributed by atoms with Crippen molar-refractivity contribution in [3.8, 4) is 0 Å². The van der Waals surface area contributed by atoms with Gasteiger partial charge in [-0.1, -0.05) is 122 Å². The lowest BCUT2D eigenvalue weighted by atomic mass is 10.0. The molecule has 0 aromatic carbocycles. The first-order valence-electron chi connectivity index (χ1n) is 12.8. The normalized spacial score (nSPS) is 11.5. The van der Waals surface area contributed by atoms with Crippen LogP contribution in [0.2, 0.25) is 0 Å². The maximum Gasteiger partial charge on any atom is 0.0143 e. The topological polar surface area (TPSA) is 3.24 Å². The van der Waals surface area contributed by atoms with E-state index in [1.807, 2.05) is 0 Å². The van der Waals surface area contributed by atoms with E-state index >= 15 is 0 Å². The first kappa shape index (κ1) is 26.5. The molecule has 0 bridgehead atoms. The molecule has 0 fully saturated rings. The molecule has 0 atom stereocenters. The molecular weight excluding hydrogens is 326 g/mol. The van der Waals surface area contributed by atoms with Crippen LogP contribution >= 0.6 is 0 Å². The fourth-order valence-corrected chi connectivity index (χ4v) is 3.82. The van der Waals surface area contributed by atoms with Crippen LogP contribution in [0.4, 0.5) is 0 Å². The lowest BCUT2D eigenvalue weighted by Gasteiger charge is -2.14. The summed E-state index contributed by atoms with van der Waals surface area (Å²) in [6.45, 7) is 9.01. The molecule has 0 aliphatic rings. The van der Waals surface area contributed by atoms with Gasteiger partial charge in [-0.15, -0.1) is 0 Å². The van der Waals surface area contributed by atoms with E-state index in [2.05, 4.69) is 37.9 Å². The van der Waals surface area contributed by atoms with Crippen molar-refractivity contribution in [1.82, 2.24) is 4.90 Å². The highest BCUT2D eigenvalue weighted by atomic mass is 15.1. The van der Waals surface area contributed by atoms with Gasteiger partial charge in [0.15, 0.2) is 0 Å². The summed E-state index contributed by atoms with van der Waals surface area (Å²) in [6, 6.07) is 0. The Balaban J connectivity index is 3.09. The number of hydrogen-bond acceptors (Lipinski definition) is 1. The van der Waals surface area contributed by atoms with Gasteiger partial charge in [-0.3, -0.25) is 0 Å². The van der Waals surface area contributed by atoms with E-state index in [-0.39, 0.29) is 0 Å². The van der Waals surface area contributed by atoms with Crippen molar-refractivity contribution in [2.24, 2.45) is 0 Å². The van der Waals surface area contributed by atoms with E-state index in [0.29, 0.717) is 0 Å². The highest BCUT2D eigenvalue weighted by molar-refractivity contribution is 4.81. The second kappa shape index (κ2) is 23.6. The molecule has 0 radical (unpaired) electrons. The zero-order valence-electron chi connectivity index (χ0n) is 19.5. The third kappa shape index (κ3) is 21.7. The summed E-state index contributed by atoms with van der Waals surface area (Å²) in [5.41, 5.74) is 0. The first-order chi connectivity index (χ1) is 13.3. The molecule has 0 unspecified atom stereocenters. The molecule has 0 aliphatic heterocycles. The highest BCUT2D eigenvalue weighted by Crippen LogP contribution is 2.14. The van der Waals surface area contributed by atoms with E-state index in [1.54, 1.807) is 0 Å². The van der Waals surface area contributed by atoms with Gasteiger partial charge in [0, 0.05) is 13.1 Å². The molecule has 0 amide bonds. The van der Waals surface area contributed by atoms with E-state index in [9.17, 15) is 0 Å². The molecule has 162 valence electrons. The summed E-state index contributed by atoms with van der Waals surface area (Å²) in [5, 5.41) is 0. The van der Waals surface area contributed by atoms with Crippen molar-refractivity contribution in [1.29, 1.82) is 0 Å². The number of unbranched alkanes of at least 4 members (excludes halogenated alkanes) is 18. The number of nitrogens with zero attached hydrogens (tertiary/aromatic N) is 1. The zero-order valence-corrected chi connectivity index (χ0v) is 19.5. The minimum Gasteiger partial charge on any atom is -0.378 e. The molecule has 0 aromatic rings. The Morgan fingerprint density at radius 2 is 0.778 bits per heavy atom. The molecule has 27 heavy (non-hydrogen) atoms. The fourth-order valence-electron chi connectivity index (χ4n) is 3.82. The van der Waals surface area contributed by atoms with Gasteiger partial charge in [0.2, 0.25) is 0 Å². The van der Waals surface area contributed by atoms with Gasteiger partial charge in [0.05, 0.1) is 0 Å². The van der Waals surface area contributed by atoms with Crippen LogP contribution < -0.4 is 0 Å². The summed E-state index contributed by atoms with van der Waals surface area (Å²) in [7, 11) is 0. The quantitative estimate of drug-likeness (QED) is 0.169. The van der Waals surface area contributed by atoms with Gasteiger partial charge in [0.1, 0.15) is 0 Å². The molecule has 0 N–H and O–H groups in total. The van der Waals surface area contributed by atoms with E-state index in [4.69, 9.17) is 0 Å². The van der Waals surface area contributed by atoms with Crippen LogP contribution in [-0.2, 0) is 0 Å². The van der Waals surface area contributed by atoms with Crippen LogP contribution in [-0.4, -0.2) is 18.0 Å². The summed E-state index contributed by atoms with van der Waals surface area (Å²) in [6.07, 6.45) is 32.1. The van der Waals surface area contributed by atoms with Crippen LogP contribution in [0, 0.1) is 0 Å². The number of rotatable bonds is 22. The second-order valence-corrected chi connectivity index (χ2v) is 8.41. The van der Waals surface area contributed by atoms with Crippen LogP contribution in [0.25, 0.3) is 0 Å². The third-order valence-corrected chi connectivity index (χ3v) is 5.85. The fraction of sp³-hybridized carbons (Fsp3) is 0.923. The SMILES string of the molecule is CCCCCCCCCCCCCCCCCCCCC=CN(CC)CC. The zero-order chi connectivity index (χ0) is 19.8. The van der Waals surface area contributed by atoms with Crippen molar-refractivity contribution in [3.05, 3.63) is 12.3 Å². The van der Waals surface area contributed by atoms with Gasteiger partial charge >= 0.3 is 0 Å². The van der Waals surface area contributed by atoms with Crippen LogP contribution in [0.3, 0.4) is 0 Å². The number of allylic oxidation sites excluding steroid dienone is 1. The largest absolute Gasteiger partial charge is 0.378 e. The van der Waals surface area contributed by atoms with Crippen LogP contribution in [0.1, 0.15) is 143 Å². The van der Waals surface area contributed by atoms with Gasteiger partial charge in [0.25, 0.3) is 0 Å². The smallest absolute Gasteiger partial charge is 0.0143 e. The second-order valence-electron chi connectivity index (χ2n) is 8.41. The lowest BCUT2D eigenvalue weighted by molar-refractivity contribution is 0.417. The van der Waals surface area contributed by atoms with Crippen LogP contribution in [0.5, 0.6) is 0 Å².